The lowest BCUT2D eigenvalue weighted by Crippen LogP contribution is -2.56. The molecule has 2 amide bonds. The number of nitrogens with one attached hydrogen (secondary N) is 1. The number of rotatable bonds is 8. The lowest BCUT2D eigenvalue weighted by atomic mass is 9.63. The van der Waals surface area contributed by atoms with Crippen LogP contribution in [-0.4, -0.2) is 79.9 Å². The van der Waals surface area contributed by atoms with Gasteiger partial charge in [0.05, 0.1) is 6.04 Å². The van der Waals surface area contributed by atoms with Gasteiger partial charge in [-0.25, -0.2) is 9.78 Å². The smallest absolute Gasteiger partial charge is 0.407 e. The van der Waals surface area contributed by atoms with Crippen LogP contribution in [0.4, 0.5) is 4.79 Å². The van der Waals surface area contributed by atoms with Crippen LogP contribution in [-0.2, 0) is 17.8 Å². The number of carboxylic acid groups (broad SMARTS) is 1. The van der Waals surface area contributed by atoms with Gasteiger partial charge in [-0.1, -0.05) is 43.0 Å². The fraction of sp³-hybridized carbons (Fsp3) is 0.655. The van der Waals surface area contributed by atoms with E-state index in [9.17, 15) is 14.7 Å². The molecule has 5 rings (SSSR count). The first-order valence-corrected chi connectivity index (χ1v) is 14.9. The van der Waals surface area contributed by atoms with Crippen LogP contribution in [0, 0.1) is 11.3 Å². The molecule has 1 saturated carbocycles. The van der Waals surface area contributed by atoms with Gasteiger partial charge in [0.15, 0.2) is 0 Å². The van der Waals surface area contributed by atoms with Crippen molar-refractivity contribution < 1.29 is 14.7 Å². The molecule has 9 nitrogen and oxygen atoms in total. The van der Waals surface area contributed by atoms with Gasteiger partial charge in [-0.3, -0.25) is 9.48 Å². The second-order valence-electron chi connectivity index (χ2n) is 11.7. The number of benzene rings is 1. The second-order valence-corrected chi connectivity index (χ2v) is 12.1. The molecule has 212 valence electrons. The average Bonchev–Trinajstić information content (AvgIpc) is 3.47. The van der Waals surface area contributed by atoms with E-state index in [4.69, 9.17) is 11.6 Å². The fourth-order valence-corrected chi connectivity index (χ4v) is 7.16. The molecule has 3 heterocycles. The normalized spacial score (nSPS) is 21.6. The molecule has 0 bridgehead atoms. The largest absolute Gasteiger partial charge is 0.465 e. The van der Waals surface area contributed by atoms with Crippen molar-refractivity contribution in [2.24, 2.45) is 11.3 Å². The minimum atomic E-state index is -0.872. The van der Waals surface area contributed by atoms with Crippen LogP contribution in [0.25, 0.3) is 0 Å². The molecule has 2 aromatic rings. The average molecular weight is 557 g/mol. The van der Waals surface area contributed by atoms with Crippen molar-refractivity contribution in [3.05, 3.63) is 47.5 Å². The molecule has 3 fully saturated rings. The molecule has 0 radical (unpaired) electrons. The number of amides is 2. The number of halogens is 1. The molecule has 1 aromatic heterocycles. The van der Waals surface area contributed by atoms with Crippen molar-refractivity contribution >= 4 is 23.6 Å². The Kier molecular flexibility index (Phi) is 9.07. The fourth-order valence-electron chi connectivity index (χ4n) is 7.04. The van der Waals surface area contributed by atoms with Gasteiger partial charge in [-0.15, -0.1) is 0 Å². The molecule has 3 aliphatic rings. The molecular weight excluding hydrogens is 516 g/mol. The van der Waals surface area contributed by atoms with E-state index in [1.54, 1.807) is 6.33 Å². The highest BCUT2D eigenvalue weighted by Gasteiger charge is 2.44. The van der Waals surface area contributed by atoms with Crippen molar-refractivity contribution in [2.75, 3.05) is 26.2 Å². The predicted molar refractivity (Wildman–Crippen MR) is 150 cm³/mol. The summed E-state index contributed by atoms with van der Waals surface area (Å²) < 4.78 is 1.99. The highest BCUT2D eigenvalue weighted by atomic mass is 35.5. The first-order valence-electron chi connectivity index (χ1n) is 14.5. The van der Waals surface area contributed by atoms with Gasteiger partial charge in [0, 0.05) is 43.8 Å². The van der Waals surface area contributed by atoms with Gasteiger partial charge in [0.2, 0.25) is 5.91 Å². The first kappa shape index (κ1) is 27.9. The lowest BCUT2D eigenvalue weighted by Gasteiger charge is -2.48. The SMILES string of the molecule is O=C(O)N1CCC(N[C@H](Cc2ccc(Cl)cc2)C(=O)N2CCC(Cn3cncn3)(C3CCCCC3)CC2)CC1. The van der Waals surface area contributed by atoms with Crippen LogP contribution >= 0.6 is 11.6 Å². The Balaban J connectivity index is 1.28. The summed E-state index contributed by atoms with van der Waals surface area (Å²) in [6, 6.07) is 7.46. The third kappa shape index (κ3) is 6.92. The van der Waals surface area contributed by atoms with Crippen LogP contribution in [0.2, 0.25) is 5.02 Å². The van der Waals surface area contributed by atoms with Crippen molar-refractivity contribution in [3.63, 3.8) is 0 Å². The molecule has 39 heavy (non-hydrogen) atoms. The zero-order valence-electron chi connectivity index (χ0n) is 22.7. The van der Waals surface area contributed by atoms with Gasteiger partial charge < -0.3 is 20.2 Å². The molecule has 1 atom stereocenters. The maximum Gasteiger partial charge on any atom is 0.407 e. The number of hydrogen-bond acceptors (Lipinski definition) is 5. The number of aromatic nitrogens is 3. The molecule has 0 unspecified atom stereocenters. The summed E-state index contributed by atoms with van der Waals surface area (Å²) in [7, 11) is 0. The Bertz CT molecular complexity index is 1070. The van der Waals surface area contributed by atoms with Gasteiger partial charge in [-0.05, 0) is 74.0 Å². The van der Waals surface area contributed by atoms with Crippen LogP contribution in [0.1, 0.15) is 63.4 Å². The number of hydrogen-bond donors (Lipinski definition) is 2. The summed E-state index contributed by atoms with van der Waals surface area (Å²) in [5.41, 5.74) is 1.21. The van der Waals surface area contributed by atoms with E-state index >= 15 is 0 Å². The molecule has 0 spiro atoms. The van der Waals surface area contributed by atoms with Crippen LogP contribution in [0.5, 0.6) is 0 Å². The van der Waals surface area contributed by atoms with E-state index in [-0.39, 0.29) is 23.4 Å². The number of likely N-dealkylation sites (tertiary alicyclic amines) is 2. The molecule has 2 aliphatic heterocycles. The third-order valence-corrected chi connectivity index (χ3v) is 9.59. The van der Waals surface area contributed by atoms with E-state index in [1.807, 2.05) is 35.3 Å². The zero-order valence-corrected chi connectivity index (χ0v) is 23.4. The van der Waals surface area contributed by atoms with Crippen molar-refractivity contribution in [1.29, 1.82) is 0 Å². The van der Waals surface area contributed by atoms with Crippen LogP contribution in [0.3, 0.4) is 0 Å². The molecule has 1 aromatic carbocycles. The summed E-state index contributed by atoms with van der Waals surface area (Å²) >= 11 is 6.12. The summed E-state index contributed by atoms with van der Waals surface area (Å²) in [6.45, 7) is 3.35. The molecule has 10 heteroatoms. The number of carbonyl (C=O) groups excluding carboxylic acids is 1. The molecular formula is C29H41ClN6O3. The number of nitrogens with zero attached hydrogens (tertiary/aromatic N) is 5. The van der Waals surface area contributed by atoms with Crippen LogP contribution in [0.15, 0.2) is 36.9 Å². The first-order chi connectivity index (χ1) is 18.9. The van der Waals surface area contributed by atoms with Crippen LogP contribution < -0.4 is 5.32 Å². The Hall–Kier alpha value is -2.65. The lowest BCUT2D eigenvalue weighted by molar-refractivity contribution is -0.137. The van der Waals surface area contributed by atoms with Crippen molar-refractivity contribution in [1.82, 2.24) is 29.9 Å². The molecule has 2 N–H and O–H groups in total. The van der Waals surface area contributed by atoms with E-state index in [0.717, 1.165) is 38.0 Å². The van der Waals surface area contributed by atoms with Crippen molar-refractivity contribution in [3.8, 4) is 0 Å². The highest BCUT2D eigenvalue weighted by Crippen LogP contribution is 2.47. The third-order valence-electron chi connectivity index (χ3n) is 9.34. The van der Waals surface area contributed by atoms with Gasteiger partial charge in [0.1, 0.15) is 12.7 Å². The Morgan fingerprint density at radius 1 is 1.00 bits per heavy atom. The van der Waals surface area contributed by atoms with Gasteiger partial charge in [0.25, 0.3) is 0 Å². The Morgan fingerprint density at radius 3 is 2.31 bits per heavy atom. The van der Waals surface area contributed by atoms with E-state index in [1.165, 1.54) is 37.0 Å². The van der Waals surface area contributed by atoms with Gasteiger partial charge >= 0.3 is 6.09 Å². The minimum Gasteiger partial charge on any atom is -0.465 e. The minimum absolute atomic E-state index is 0.111. The molecule has 2 saturated heterocycles. The van der Waals surface area contributed by atoms with E-state index in [2.05, 4.69) is 20.3 Å². The number of carbonyl (C=O) groups is 2. The monoisotopic (exact) mass is 556 g/mol. The number of piperidine rings is 2. The van der Waals surface area contributed by atoms with E-state index in [0.29, 0.717) is 43.3 Å². The van der Waals surface area contributed by atoms with Gasteiger partial charge in [-0.2, -0.15) is 5.10 Å². The second kappa shape index (κ2) is 12.7. The zero-order chi connectivity index (χ0) is 27.2. The topological polar surface area (TPSA) is 104 Å². The maximum absolute atomic E-state index is 14.0. The predicted octanol–water partition coefficient (Wildman–Crippen LogP) is 4.46. The van der Waals surface area contributed by atoms with Crippen molar-refractivity contribution in [2.45, 2.75) is 82.8 Å². The quantitative estimate of drug-likeness (QED) is 0.497. The summed E-state index contributed by atoms with van der Waals surface area (Å²) in [6.07, 6.45) is 13.0. The Labute approximate surface area is 235 Å². The summed E-state index contributed by atoms with van der Waals surface area (Å²) in [5, 5.41) is 18.1. The van der Waals surface area contributed by atoms with E-state index < -0.39 is 6.09 Å². The summed E-state index contributed by atoms with van der Waals surface area (Å²) in [4.78, 5) is 33.1. The standard InChI is InChI=1S/C29H41ClN6O3/c30-24-8-6-22(7-9-24)18-26(33-25-10-14-35(15-11-25)28(38)39)27(37)34-16-12-29(13-17-34,19-36-21-31-20-32-36)23-4-2-1-3-5-23/h6-9,20-21,23,25-26,33H,1-5,10-19H2,(H,38,39)/t26-/m1/s1. The molecule has 1 aliphatic carbocycles. The highest BCUT2D eigenvalue weighted by molar-refractivity contribution is 6.30. The summed E-state index contributed by atoms with van der Waals surface area (Å²) in [5.74, 6) is 0.804. The Morgan fingerprint density at radius 2 is 1.69 bits per heavy atom. The maximum atomic E-state index is 14.0.